The number of halogens is 3. The van der Waals surface area contributed by atoms with Crippen molar-refractivity contribution in [3.63, 3.8) is 0 Å². The molecule has 0 spiro atoms. The molecular weight excluding hydrogens is 383 g/mol. The second kappa shape index (κ2) is 7.87. The molecular formula is C17H14F3N3O3S. The van der Waals surface area contributed by atoms with Gasteiger partial charge in [-0.2, -0.15) is 13.2 Å². The van der Waals surface area contributed by atoms with Crippen LogP contribution in [0.5, 0.6) is 0 Å². The van der Waals surface area contributed by atoms with E-state index in [1.165, 1.54) is 10.8 Å². The van der Waals surface area contributed by atoms with E-state index in [9.17, 15) is 22.8 Å². The quantitative estimate of drug-likeness (QED) is 0.511. The minimum atomic E-state index is -4.48. The van der Waals surface area contributed by atoms with Gasteiger partial charge in [0.1, 0.15) is 12.3 Å². The number of carbonyl (C=O) groups excluding carboxylic acids is 1. The molecule has 0 atom stereocenters. The maximum absolute atomic E-state index is 12.8. The van der Waals surface area contributed by atoms with Crippen molar-refractivity contribution < 1.29 is 22.4 Å². The molecule has 2 heterocycles. The molecule has 6 nitrogen and oxygen atoms in total. The fraction of sp³-hybridized carbons (Fsp3) is 0.235. The van der Waals surface area contributed by atoms with Crippen LogP contribution in [-0.4, -0.2) is 33.9 Å². The number of hydrogen-bond donors (Lipinski definition) is 1. The molecule has 0 bridgehead atoms. The summed E-state index contributed by atoms with van der Waals surface area (Å²) in [5, 5.41) is 2.41. The van der Waals surface area contributed by atoms with Gasteiger partial charge in [0, 0.05) is 0 Å². The Morgan fingerprint density at radius 1 is 1.22 bits per heavy atom. The summed E-state index contributed by atoms with van der Waals surface area (Å²) in [5.74, 6) is -0.597. The summed E-state index contributed by atoms with van der Waals surface area (Å²) in [6, 6.07) is 10.1. The SMILES string of the molecule is O=C(CSc1nc2ccccc2c(=O)n1Cc1ccco1)NCC(F)(F)F. The summed E-state index contributed by atoms with van der Waals surface area (Å²) in [5.41, 5.74) is 0.117. The van der Waals surface area contributed by atoms with E-state index in [0.29, 0.717) is 16.7 Å². The largest absolute Gasteiger partial charge is 0.467 e. The Bertz CT molecular complexity index is 1000. The number of thioether (sulfide) groups is 1. The van der Waals surface area contributed by atoms with Gasteiger partial charge in [0.2, 0.25) is 5.91 Å². The number of amides is 1. The predicted molar refractivity (Wildman–Crippen MR) is 93.6 cm³/mol. The van der Waals surface area contributed by atoms with E-state index in [1.807, 2.05) is 0 Å². The number of alkyl halides is 3. The first-order chi connectivity index (χ1) is 12.8. The summed E-state index contributed by atoms with van der Waals surface area (Å²) >= 11 is 0.887. The zero-order valence-electron chi connectivity index (χ0n) is 13.8. The number of hydrogen-bond acceptors (Lipinski definition) is 5. The molecule has 0 unspecified atom stereocenters. The molecule has 0 saturated heterocycles. The van der Waals surface area contributed by atoms with Gasteiger partial charge in [-0.25, -0.2) is 4.98 Å². The van der Waals surface area contributed by atoms with Gasteiger partial charge >= 0.3 is 6.18 Å². The highest BCUT2D eigenvalue weighted by Crippen LogP contribution is 2.19. The fourth-order valence-electron chi connectivity index (χ4n) is 2.34. The second-order valence-electron chi connectivity index (χ2n) is 5.56. The van der Waals surface area contributed by atoms with Gasteiger partial charge in [-0.1, -0.05) is 23.9 Å². The number of para-hydroxylation sites is 1. The normalized spacial score (nSPS) is 11.7. The van der Waals surface area contributed by atoms with Crippen LogP contribution in [0.15, 0.2) is 57.0 Å². The molecule has 0 saturated carbocycles. The van der Waals surface area contributed by atoms with Crippen LogP contribution in [0, 0.1) is 0 Å². The van der Waals surface area contributed by atoms with Crippen molar-refractivity contribution in [3.8, 4) is 0 Å². The summed E-state index contributed by atoms with van der Waals surface area (Å²) in [4.78, 5) is 28.8. The first-order valence-electron chi connectivity index (χ1n) is 7.82. The molecule has 3 aromatic rings. The number of fused-ring (bicyclic) bond motifs is 1. The van der Waals surface area contributed by atoms with Crippen LogP contribution in [-0.2, 0) is 11.3 Å². The van der Waals surface area contributed by atoms with Gasteiger partial charge in [-0.3, -0.25) is 14.2 Å². The third kappa shape index (κ3) is 4.91. The average Bonchev–Trinajstić information content (AvgIpc) is 3.13. The van der Waals surface area contributed by atoms with Crippen molar-refractivity contribution in [2.75, 3.05) is 12.3 Å². The highest BCUT2D eigenvalue weighted by molar-refractivity contribution is 7.99. The van der Waals surface area contributed by atoms with Gasteiger partial charge in [-0.15, -0.1) is 0 Å². The lowest BCUT2D eigenvalue weighted by Crippen LogP contribution is -2.35. The molecule has 0 radical (unpaired) electrons. The van der Waals surface area contributed by atoms with Gasteiger partial charge in [0.05, 0.1) is 29.5 Å². The average molecular weight is 397 g/mol. The lowest BCUT2D eigenvalue weighted by atomic mass is 10.2. The van der Waals surface area contributed by atoms with Crippen LogP contribution in [0.4, 0.5) is 13.2 Å². The first kappa shape index (κ1) is 19.0. The van der Waals surface area contributed by atoms with E-state index in [0.717, 1.165) is 11.8 Å². The summed E-state index contributed by atoms with van der Waals surface area (Å²) in [6.45, 7) is -1.31. The Kier molecular flexibility index (Phi) is 5.54. The molecule has 0 aliphatic heterocycles. The molecule has 1 aromatic carbocycles. The minimum Gasteiger partial charge on any atom is -0.467 e. The summed E-state index contributed by atoms with van der Waals surface area (Å²) in [6.07, 6.45) is -3.02. The lowest BCUT2D eigenvalue weighted by Gasteiger charge is -2.12. The maximum Gasteiger partial charge on any atom is 0.405 e. The number of nitrogens with one attached hydrogen (secondary N) is 1. The monoisotopic (exact) mass is 397 g/mol. The van der Waals surface area contributed by atoms with Crippen molar-refractivity contribution in [1.82, 2.24) is 14.9 Å². The number of benzene rings is 1. The Labute approximate surface area is 155 Å². The Hall–Kier alpha value is -2.75. The molecule has 2 aromatic heterocycles. The van der Waals surface area contributed by atoms with Crippen LogP contribution in [0.2, 0.25) is 0 Å². The molecule has 1 N–H and O–H groups in total. The van der Waals surface area contributed by atoms with Crippen LogP contribution in [0.25, 0.3) is 10.9 Å². The highest BCUT2D eigenvalue weighted by Gasteiger charge is 2.27. The molecule has 0 aliphatic carbocycles. The highest BCUT2D eigenvalue weighted by atomic mass is 32.2. The van der Waals surface area contributed by atoms with Crippen molar-refractivity contribution in [1.29, 1.82) is 0 Å². The fourth-order valence-corrected chi connectivity index (χ4v) is 3.16. The van der Waals surface area contributed by atoms with E-state index in [1.54, 1.807) is 41.7 Å². The number of rotatable bonds is 6. The standard InChI is InChI=1S/C17H14F3N3O3S/c18-17(19,20)10-21-14(24)9-27-16-22-13-6-2-1-5-12(13)15(25)23(16)8-11-4-3-7-26-11/h1-7H,8-10H2,(H,21,24). The Morgan fingerprint density at radius 2 is 2.00 bits per heavy atom. The molecule has 27 heavy (non-hydrogen) atoms. The van der Waals surface area contributed by atoms with Gasteiger partial charge in [0.25, 0.3) is 5.56 Å². The maximum atomic E-state index is 12.8. The van der Waals surface area contributed by atoms with Gasteiger partial charge in [0.15, 0.2) is 5.16 Å². The summed E-state index contributed by atoms with van der Waals surface area (Å²) < 4.78 is 43.2. The van der Waals surface area contributed by atoms with E-state index in [4.69, 9.17) is 4.42 Å². The number of nitrogens with zero attached hydrogens (tertiary/aromatic N) is 2. The first-order valence-corrected chi connectivity index (χ1v) is 8.80. The van der Waals surface area contributed by atoms with E-state index >= 15 is 0 Å². The molecule has 1 amide bonds. The lowest BCUT2D eigenvalue weighted by molar-refractivity contribution is -0.136. The third-order valence-corrected chi connectivity index (χ3v) is 4.52. The predicted octanol–water partition coefficient (Wildman–Crippen LogP) is 2.81. The smallest absolute Gasteiger partial charge is 0.405 e. The van der Waals surface area contributed by atoms with E-state index < -0.39 is 18.6 Å². The van der Waals surface area contributed by atoms with Crippen LogP contribution in [0.1, 0.15) is 5.76 Å². The van der Waals surface area contributed by atoms with E-state index in [2.05, 4.69) is 4.98 Å². The summed E-state index contributed by atoms with van der Waals surface area (Å²) in [7, 11) is 0. The van der Waals surface area contributed by atoms with Crippen LogP contribution >= 0.6 is 11.8 Å². The van der Waals surface area contributed by atoms with Crippen LogP contribution in [0.3, 0.4) is 0 Å². The molecule has 142 valence electrons. The zero-order valence-corrected chi connectivity index (χ0v) is 14.6. The topological polar surface area (TPSA) is 77.1 Å². The molecule has 3 rings (SSSR count). The number of furan rings is 1. The van der Waals surface area contributed by atoms with Crippen molar-refractivity contribution >= 4 is 28.6 Å². The van der Waals surface area contributed by atoms with Crippen molar-refractivity contribution in [2.45, 2.75) is 17.9 Å². The third-order valence-electron chi connectivity index (χ3n) is 3.54. The van der Waals surface area contributed by atoms with Crippen LogP contribution < -0.4 is 10.9 Å². The minimum absolute atomic E-state index is 0.0934. The van der Waals surface area contributed by atoms with E-state index in [-0.39, 0.29) is 23.0 Å². The second-order valence-corrected chi connectivity index (χ2v) is 6.51. The number of carbonyl (C=O) groups is 1. The Balaban J connectivity index is 1.86. The van der Waals surface area contributed by atoms with Crippen molar-refractivity contribution in [2.24, 2.45) is 0 Å². The zero-order chi connectivity index (χ0) is 19.4. The van der Waals surface area contributed by atoms with Gasteiger partial charge in [-0.05, 0) is 24.3 Å². The van der Waals surface area contributed by atoms with Crippen molar-refractivity contribution in [3.05, 3.63) is 58.8 Å². The molecule has 0 fully saturated rings. The number of aromatic nitrogens is 2. The Morgan fingerprint density at radius 3 is 2.70 bits per heavy atom. The molecule has 10 heteroatoms. The van der Waals surface area contributed by atoms with Gasteiger partial charge < -0.3 is 9.73 Å². The molecule has 0 aliphatic rings.